The fraction of sp³-hybridized carbons (Fsp3) is 0.467. The molecule has 3 aromatic heterocycles. The van der Waals surface area contributed by atoms with Gasteiger partial charge in [-0.25, -0.2) is 4.98 Å². The van der Waals surface area contributed by atoms with Gasteiger partial charge in [-0.15, -0.1) is 0 Å². The highest BCUT2D eigenvalue weighted by Crippen LogP contribution is 2.38. The maximum atomic E-state index is 6.28. The quantitative estimate of drug-likeness (QED) is 0.777. The van der Waals surface area contributed by atoms with Crippen LogP contribution in [-0.4, -0.2) is 24.9 Å². The summed E-state index contributed by atoms with van der Waals surface area (Å²) in [5, 5.41) is 9.49. The monoisotopic (exact) mass is 298 g/mol. The molecule has 114 valence electrons. The Hall–Kier alpha value is -2.28. The average molecular weight is 298 g/mol. The van der Waals surface area contributed by atoms with Gasteiger partial charge in [-0.3, -0.25) is 4.68 Å². The Morgan fingerprint density at radius 2 is 2.05 bits per heavy atom. The number of pyridine rings is 1. The number of aromatic nitrogens is 5. The lowest BCUT2D eigenvalue weighted by atomic mass is 9.77. The lowest BCUT2D eigenvalue weighted by molar-refractivity contribution is 0.229. The van der Waals surface area contributed by atoms with Crippen molar-refractivity contribution in [1.29, 1.82) is 0 Å². The standard InChI is InChI=1S/C15H18N6O/c1-8-7-10(11-9(2)19-21(3)12(11)17-8)13-18-14(20-22-13)15(16)5-4-6-15/h7H,4-6,16H2,1-3H3. The second-order valence-electron chi connectivity index (χ2n) is 6.15. The molecule has 0 saturated heterocycles. The maximum absolute atomic E-state index is 6.28. The Morgan fingerprint density at radius 1 is 1.27 bits per heavy atom. The van der Waals surface area contributed by atoms with Gasteiger partial charge in [0, 0.05) is 12.7 Å². The fourth-order valence-corrected chi connectivity index (χ4v) is 3.06. The van der Waals surface area contributed by atoms with E-state index in [9.17, 15) is 0 Å². The number of fused-ring (bicyclic) bond motifs is 1. The summed E-state index contributed by atoms with van der Waals surface area (Å²) in [6.07, 6.45) is 2.92. The smallest absolute Gasteiger partial charge is 0.258 e. The normalized spacial score (nSPS) is 16.9. The molecule has 0 radical (unpaired) electrons. The molecule has 0 aliphatic heterocycles. The van der Waals surface area contributed by atoms with Crippen LogP contribution >= 0.6 is 0 Å². The summed E-state index contributed by atoms with van der Waals surface area (Å²) in [7, 11) is 1.88. The number of aryl methyl sites for hydroxylation is 3. The third-order valence-electron chi connectivity index (χ3n) is 4.44. The highest BCUT2D eigenvalue weighted by molar-refractivity contribution is 5.92. The van der Waals surface area contributed by atoms with Crippen LogP contribution in [0.25, 0.3) is 22.5 Å². The van der Waals surface area contributed by atoms with Crippen LogP contribution in [-0.2, 0) is 12.6 Å². The Morgan fingerprint density at radius 3 is 2.73 bits per heavy atom. The summed E-state index contributed by atoms with van der Waals surface area (Å²) < 4.78 is 7.27. The molecule has 0 atom stereocenters. The van der Waals surface area contributed by atoms with Gasteiger partial charge in [0.25, 0.3) is 5.89 Å². The van der Waals surface area contributed by atoms with Gasteiger partial charge >= 0.3 is 0 Å². The lowest BCUT2D eigenvalue weighted by Gasteiger charge is -2.34. The third kappa shape index (κ3) is 1.78. The van der Waals surface area contributed by atoms with Crippen molar-refractivity contribution in [3.63, 3.8) is 0 Å². The van der Waals surface area contributed by atoms with Gasteiger partial charge in [-0.05, 0) is 39.2 Å². The minimum Gasteiger partial charge on any atom is -0.334 e. The van der Waals surface area contributed by atoms with Gasteiger partial charge in [0.05, 0.1) is 22.2 Å². The molecule has 7 nitrogen and oxygen atoms in total. The molecule has 0 bridgehead atoms. The van der Waals surface area contributed by atoms with Crippen molar-refractivity contribution in [1.82, 2.24) is 24.9 Å². The summed E-state index contributed by atoms with van der Waals surface area (Å²) in [6.45, 7) is 3.90. The lowest BCUT2D eigenvalue weighted by Crippen LogP contribution is -2.44. The third-order valence-corrected chi connectivity index (χ3v) is 4.44. The fourth-order valence-electron chi connectivity index (χ4n) is 3.06. The predicted octanol–water partition coefficient (Wildman–Crippen LogP) is 1.97. The number of nitrogens with zero attached hydrogens (tertiary/aromatic N) is 5. The first-order valence-electron chi connectivity index (χ1n) is 7.42. The van der Waals surface area contributed by atoms with E-state index in [1.807, 2.05) is 27.0 Å². The van der Waals surface area contributed by atoms with Crippen LogP contribution in [0.4, 0.5) is 0 Å². The van der Waals surface area contributed by atoms with E-state index in [1.165, 1.54) is 0 Å². The zero-order valence-electron chi connectivity index (χ0n) is 12.9. The first-order valence-corrected chi connectivity index (χ1v) is 7.42. The first kappa shape index (κ1) is 13.4. The molecule has 7 heteroatoms. The minimum absolute atomic E-state index is 0.424. The summed E-state index contributed by atoms with van der Waals surface area (Å²) in [4.78, 5) is 9.10. The van der Waals surface area contributed by atoms with Crippen LogP contribution in [0.1, 0.15) is 36.5 Å². The molecule has 3 aromatic rings. The molecule has 4 rings (SSSR count). The highest BCUT2D eigenvalue weighted by Gasteiger charge is 2.39. The van der Waals surface area contributed by atoms with Gasteiger partial charge < -0.3 is 10.3 Å². The van der Waals surface area contributed by atoms with Crippen molar-refractivity contribution in [2.75, 3.05) is 0 Å². The predicted molar refractivity (Wildman–Crippen MR) is 81.0 cm³/mol. The topological polar surface area (TPSA) is 95.6 Å². The molecule has 22 heavy (non-hydrogen) atoms. The summed E-state index contributed by atoms with van der Waals surface area (Å²) in [5.41, 5.74) is 9.32. The van der Waals surface area contributed by atoms with E-state index in [0.29, 0.717) is 11.7 Å². The summed E-state index contributed by atoms with van der Waals surface area (Å²) in [5.74, 6) is 1.08. The van der Waals surface area contributed by atoms with E-state index >= 15 is 0 Å². The van der Waals surface area contributed by atoms with Gasteiger partial charge in [0.15, 0.2) is 11.5 Å². The number of hydrogen-bond acceptors (Lipinski definition) is 6. The van der Waals surface area contributed by atoms with Crippen molar-refractivity contribution in [2.24, 2.45) is 12.8 Å². The van der Waals surface area contributed by atoms with E-state index in [2.05, 4.69) is 20.2 Å². The first-order chi connectivity index (χ1) is 10.5. The molecule has 1 aliphatic rings. The Labute approximate surface area is 127 Å². The zero-order chi connectivity index (χ0) is 15.5. The number of hydrogen-bond donors (Lipinski definition) is 1. The molecular formula is C15H18N6O. The summed E-state index contributed by atoms with van der Waals surface area (Å²) >= 11 is 0. The summed E-state index contributed by atoms with van der Waals surface area (Å²) in [6, 6.07) is 1.96. The molecule has 1 saturated carbocycles. The Bertz CT molecular complexity index is 874. The second kappa shape index (κ2) is 4.36. The van der Waals surface area contributed by atoms with Crippen LogP contribution < -0.4 is 5.73 Å². The van der Waals surface area contributed by atoms with Gasteiger partial charge in [0.1, 0.15) is 0 Å². The average Bonchev–Trinajstić information content (AvgIpc) is 3.02. The van der Waals surface area contributed by atoms with E-state index < -0.39 is 5.54 Å². The molecule has 0 unspecified atom stereocenters. The molecule has 0 spiro atoms. The number of nitrogens with two attached hydrogens (primary N) is 1. The molecular weight excluding hydrogens is 280 g/mol. The second-order valence-corrected chi connectivity index (χ2v) is 6.15. The molecule has 1 fully saturated rings. The van der Waals surface area contributed by atoms with Crippen LogP contribution in [0.5, 0.6) is 0 Å². The van der Waals surface area contributed by atoms with E-state index in [-0.39, 0.29) is 0 Å². The van der Waals surface area contributed by atoms with Crippen molar-refractivity contribution < 1.29 is 4.52 Å². The largest absolute Gasteiger partial charge is 0.334 e. The van der Waals surface area contributed by atoms with Crippen molar-refractivity contribution >= 4 is 11.0 Å². The van der Waals surface area contributed by atoms with E-state index in [1.54, 1.807) is 4.68 Å². The maximum Gasteiger partial charge on any atom is 0.258 e. The molecule has 0 aromatic carbocycles. The Kier molecular flexibility index (Phi) is 2.65. The van der Waals surface area contributed by atoms with Crippen LogP contribution in [0.15, 0.2) is 10.6 Å². The van der Waals surface area contributed by atoms with Crippen LogP contribution in [0.3, 0.4) is 0 Å². The van der Waals surface area contributed by atoms with Crippen molar-refractivity contribution in [3.8, 4) is 11.5 Å². The zero-order valence-corrected chi connectivity index (χ0v) is 12.9. The Balaban J connectivity index is 1.91. The SMILES string of the molecule is Cc1cc(-c2nc(C3(N)CCC3)no2)c2c(C)nn(C)c2n1. The van der Waals surface area contributed by atoms with Crippen LogP contribution in [0, 0.1) is 13.8 Å². The highest BCUT2D eigenvalue weighted by atomic mass is 16.5. The van der Waals surface area contributed by atoms with Crippen molar-refractivity contribution in [3.05, 3.63) is 23.3 Å². The van der Waals surface area contributed by atoms with Crippen molar-refractivity contribution in [2.45, 2.75) is 38.6 Å². The molecule has 1 aliphatic carbocycles. The molecule has 2 N–H and O–H groups in total. The van der Waals surface area contributed by atoms with Crippen LogP contribution in [0.2, 0.25) is 0 Å². The molecule has 0 amide bonds. The van der Waals surface area contributed by atoms with Gasteiger partial charge in [0.2, 0.25) is 0 Å². The number of rotatable bonds is 2. The van der Waals surface area contributed by atoms with E-state index in [0.717, 1.165) is 47.2 Å². The minimum atomic E-state index is -0.424. The van der Waals surface area contributed by atoms with Gasteiger partial charge in [-0.2, -0.15) is 10.1 Å². The van der Waals surface area contributed by atoms with Gasteiger partial charge in [-0.1, -0.05) is 5.16 Å². The molecule has 3 heterocycles. The van der Waals surface area contributed by atoms with E-state index in [4.69, 9.17) is 10.3 Å².